The molecule has 2 aromatic rings. The minimum absolute atomic E-state index is 0.0568. The third-order valence-corrected chi connectivity index (χ3v) is 6.61. The maximum Gasteiger partial charge on any atom is 0.282 e. The summed E-state index contributed by atoms with van der Waals surface area (Å²) in [6.07, 6.45) is 6.92. The lowest BCUT2D eigenvalue weighted by Crippen LogP contribution is -2.50. The summed E-state index contributed by atoms with van der Waals surface area (Å²) in [7, 11) is 0. The molecule has 0 aliphatic carbocycles. The van der Waals surface area contributed by atoms with Crippen molar-refractivity contribution in [2.24, 2.45) is 0 Å². The van der Waals surface area contributed by atoms with E-state index < -0.39 is 0 Å². The molecule has 0 aromatic heterocycles. The van der Waals surface area contributed by atoms with Gasteiger partial charge in [-0.2, -0.15) is 9.78 Å². The zero-order valence-electron chi connectivity index (χ0n) is 20.9. The highest BCUT2D eigenvalue weighted by Crippen LogP contribution is 2.25. The van der Waals surface area contributed by atoms with Crippen molar-refractivity contribution in [1.82, 2.24) is 24.1 Å². The second-order valence-electron chi connectivity index (χ2n) is 9.39. The standard InChI is InChI=1S/C29H29N5O3/c1-21(2)33-19-24(27-25(20-33)29(37)34(30-27)23-11-7-4-8-12-23)28(36)32-17-15-31(16-18-32)26(35)14-13-22-9-5-3-6-10-22/h3-14,19-21H,15-18H2,1-2H3/b14-13+. The Balaban J connectivity index is 1.38. The fraction of sp³-hybridized carbons (Fsp3) is 0.241. The van der Waals surface area contributed by atoms with E-state index >= 15 is 0 Å². The van der Waals surface area contributed by atoms with Gasteiger partial charge in [-0.15, -0.1) is 0 Å². The number of carbonyl (C=O) groups is 2. The molecule has 0 radical (unpaired) electrons. The average Bonchev–Trinajstić information content (AvgIpc) is 3.28. The highest BCUT2D eigenvalue weighted by molar-refractivity contribution is 6.00. The smallest absolute Gasteiger partial charge is 0.282 e. The molecule has 5 rings (SSSR count). The SMILES string of the molecule is CC(C)n1cc(C(=O)N2CCN(C(=O)/C=C/c3ccccc3)CC2)c2nn(-c3ccccc3)c(=O)c-2c1. The van der Waals surface area contributed by atoms with Gasteiger partial charge in [0.05, 0.1) is 16.8 Å². The maximum atomic E-state index is 13.7. The molecule has 1 saturated heterocycles. The molecule has 3 aliphatic heterocycles. The molecule has 0 atom stereocenters. The van der Waals surface area contributed by atoms with E-state index in [-0.39, 0.29) is 23.4 Å². The Labute approximate surface area is 215 Å². The van der Waals surface area contributed by atoms with Crippen molar-refractivity contribution in [3.8, 4) is 16.9 Å². The van der Waals surface area contributed by atoms with Crippen molar-refractivity contribution in [3.05, 3.63) is 101 Å². The van der Waals surface area contributed by atoms with Crippen LogP contribution in [-0.4, -0.2) is 62.1 Å². The van der Waals surface area contributed by atoms with Gasteiger partial charge in [-0.3, -0.25) is 14.4 Å². The van der Waals surface area contributed by atoms with Crippen LogP contribution in [0.4, 0.5) is 0 Å². The lowest BCUT2D eigenvalue weighted by molar-refractivity contribution is -0.127. The van der Waals surface area contributed by atoms with Crippen LogP contribution in [0, 0.1) is 0 Å². The number of aromatic nitrogens is 3. The molecule has 0 bridgehead atoms. The lowest BCUT2D eigenvalue weighted by atomic mass is 10.1. The molecule has 0 N–H and O–H groups in total. The number of rotatable bonds is 5. The van der Waals surface area contributed by atoms with Gasteiger partial charge in [0.1, 0.15) is 5.69 Å². The van der Waals surface area contributed by atoms with Crippen LogP contribution in [0.15, 0.2) is 83.9 Å². The zero-order chi connectivity index (χ0) is 25.9. The number of carbonyl (C=O) groups excluding carboxylic acids is 2. The van der Waals surface area contributed by atoms with E-state index in [1.54, 1.807) is 34.3 Å². The van der Waals surface area contributed by atoms with Gasteiger partial charge in [0.25, 0.3) is 11.5 Å². The van der Waals surface area contributed by atoms with Crippen LogP contribution in [0.2, 0.25) is 0 Å². The predicted octanol–water partition coefficient (Wildman–Crippen LogP) is 3.72. The van der Waals surface area contributed by atoms with E-state index in [9.17, 15) is 14.4 Å². The number of para-hydroxylation sites is 1. The highest BCUT2D eigenvalue weighted by atomic mass is 16.2. The fourth-order valence-corrected chi connectivity index (χ4v) is 4.46. The monoisotopic (exact) mass is 495 g/mol. The normalized spacial score (nSPS) is 14.1. The molecular formula is C29H29N5O3. The molecule has 1 fully saturated rings. The zero-order valence-corrected chi connectivity index (χ0v) is 20.9. The van der Waals surface area contributed by atoms with Gasteiger partial charge in [-0.05, 0) is 37.6 Å². The summed E-state index contributed by atoms with van der Waals surface area (Å²) in [6, 6.07) is 18.9. The molecule has 2 aromatic carbocycles. The topological polar surface area (TPSA) is 80.4 Å². The third-order valence-electron chi connectivity index (χ3n) is 6.61. The first kappa shape index (κ1) is 24.2. The van der Waals surface area contributed by atoms with Crippen molar-refractivity contribution in [3.63, 3.8) is 0 Å². The summed E-state index contributed by atoms with van der Waals surface area (Å²) >= 11 is 0. The number of piperazine rings is 1. The average molecular weight is 496 g/mol. The molecule has 2 amide bonds. The van der Waals surface area contributed by atoms with E-state index in [4.69, 9.17) is 0 Å². The molecule has 188 valence electrons. The first-order valence-corrected chi connectivity index (χ1v) is 12.4. The Morgan fingerprint density at radius 1 is 0.865 bits per heavy atom. The van der Waals surface area contributed by atoms with Crippen LogP contribution in [0.25, 0.3) is 23.0 Å². The lowest BCUT2D eigenvalue weighted by Gasteiger charge is -2.34. The number of amides is 2. The van der Waals surface area contributed by atoms with Gasteiger partial charge in [0, 0.05) is 50.7 Å². The number of fused-ring (bicyclic) bond motifs is 1. The van der Waals surface area contributed by atoms with Crippen molar-refractivity contribution in [2.75, 3.05) is 26.2 Å². The first-order chi connectivity index (χ1) is 17.9. The van der Waals surface area contributed by atoms with Crippen LogP contribution >= 0.6 is 0 Å². The summed E-state index contributed by atoms with van der Waals surface area (Å²) in [6.45, 7) is 5.69. The van der Waals surface area contributed by atoms with Gasteiger partial charge in [0.2, 0.25) is 5.91 Å². The first-order valence-electron chi connectivity index (χ1n) is 12.4. The summed E-state index contributed by atoms with van der Waals surface area (Å²) < 4.78 is 3.23. The molecule has 37 heavy (non-hydrogen) atoms. The van der Waals surface area contributed by atoms with Crippen molar-refractivity contribution >= 4 is 17.9 Å². The van der Waals surface area contributed by atoms with Crippen LogP contribution in [0.3, 0.4) is 0 Å². The largest absolute Gasteiger partial charge is 0.350 e. The summed E-state index contributed by atoms with van der Waals surface area (Å²) in [4.78, 5) is 43.1. The van der Waals surface area contributed by atoms with E-state index in [1.165, 1.54) is 4.68 Å². The van der Waals surface area contributed by atoms with Crippen molar-refractivity contribution in [1.29, 1.82) is 0 Å². The van der Waals surface area contributed by atoms with E-state index in [0.717, 1.165) is 5.56 Å². The molecule has 0 saturated carbocycles. The summed E-state index contributed by atoms with van der Waals surface area (Å²) in [5.41, 5.74) is 2.54. The van der Waals surface area contributed by atoms with Gasteiger partial charge >= 0.3 is 0 Å². The Bertz CT molecular complexity index is 1460. The van der Waals surface area contributed by atoms with Gasteiger partial charge in [-0.1, -0.05) is 48.5 Å². The molecule has 8 heteroatoms. The van der Waals surface area contributed by atoms with Gasteiger partial charge in [0.15, 0.2) is 0 Å². The highest BCUT2D eigenvalue weighted by Gasteiger charge is 2.30. The van der Waals surface area contributed by atoms with Crippen LogP contribution in [0.1, 0.15) is 35.8 Å². The van der Waals surface area contributed by atoms with E-state index in [2.05, 4.69) is 5.10 Å². The van der Waals surface area contributed by atoms with E-state index in [1.807, 2.05) is 79.1 Å². The Morgan fingerprint density at radius 3 is 2.14 bits per heavy atom. The van der Waals surface area contributed by atoms with Gasteiger partial charge in [-0.25, -0.2) is 0 Å². The predicted molar refractivity (Wildman–Crippen MR) is 143 cm³/mol. The van der Waals surface area contributed by atoms with Crippen LogP contribution < -0.4 is 5.56 Å². The minimum Gasteiger partial charge on any atom is -0.350 e. The Morgan fingerprint density at radius 2 is 1.49 bits per heavy atom. The Kier molecular flexibility index (Phi) is 6.72. The van der Waals surface area contributed by atoms with Crippen LogP contribution in [-0.2, 0) is 4.79 Å². The molecular weight excluding hydrogens is 466 g/mol. The number of nitrogens with zero attached hydrogens (tertiary/aromatic N) is 5. The van der Waals surface area contributed by atoms with Crippen molar-refractivity contribution < 1.29 is 9.59 Å². The second kappa shape index (κ2) is 10.3. The van der Waals surface area contributed by atoms with Gasteiger partial charge < -0.3 is 14.4 Å². The molecule has 8 nitrogen and oxygen atoms in total. The third kappa shape index (κ3) is 4.95. The minimum atomic E-state index is -0.258. The fourth-order valence-electron chi connectivity index (χ4n) is 4.46. The summed E-state index contributed by atoms with van der Waals surface area (Å²) in [5, 5.41) is 4.56. The molecule has 0 spiro atoms. The maximum absolute atomic E-state index is 13.7. The molecule has 3 aliphatic rings. The summed E-state index contributed by atoms with van der Waals surface area (Å²) in [5.74, 6) is -0.266. The number of pyridine rings is 1. The quantitative estimate of drug-likeness (QED) is 0.395. The Hall–Kier alpha value is -4.46. The molecule has 0 unspecified atom stereocenters. The van der Waals surface area contributed by atoms with Crippen LogP contribution in [0.5, 0.6) is 0 Å². The van der Waals surface area contributed by atoms with Crippen molar-refractivity contribution in [2.45, 2.75) is 19.9 Å². The number of benzene rings is 2. The number of hydrogen-bond acceptors (Lipinski definition) is 4. The second-order valence-corrected chi connectivity index (χ2v) is 9.39. The van der Waals surface area contributed by atoms with E-state index in [0.29, 0.717) is 48.7 Å². The molecule has 3 heterocycles. The number of hydrogen-bond donors (Lipinski definition) is 0.